The average molecular weight is 421 g/mol. The zero-order valence-corrected chi connectivity index (χ0v) is 17.8. The second kappa shape index (κ2) is 8.43. The van der Waals surface area contributed by atoms with Crippen LogP contribution in [0.1, 0.15) is 21.9 Å². The maximum Gasteiger partial charge on any atom is 0.251 e. The van der Waals surface area contributed by atoms with Crippen molar-refractivity contribution in [3.05, 3.63) is 65.9 Å². The number of aromatic nitrogens is 2. The van der Waals surface area contributed by atoms with Gasteiger partial charge in [-0.3, -0.25) is 9.36 Å². The van der Waals surface area contributed by atoms with Gasteiger partial charge in [0, 0.05) is 17.7 Å². The number of hydrogen-bond donors (Lipinski definition) is 1. The van der Waals surface area contributed by atoms with Gasteiger partial charge in [0.25, 0.3) is 5.91 Å². The van der Waals surface area contributed by atoms with E-state index in [9.17, 15) is 4.79 Å². The number of ether oxygens (including phenoxy) is 3. The minimum absolute atomic E-state index is 0.196. The molecule has 0 fully saturated rings. The van der Waals surface area contributed by atoms with E-state index in [4.69, 9.17) is 18.6 Å². The van der Waals surface area contributed by atoms with E-state index >= 15 is 0 Å². The third-order valence-electron chi connectivity index (χ3n) is 5.00. The van der Waals surface area contributed by atoms with Crippen LogP contribution in [0.15, 0.2) is 53.1 Å². The quantitative estimate of drug-likeness (QED) is 0.487. The van der Waals surface area contributed by atoms with Gasteiger partial charge in [-0.05, 0) is 37.3 Å². The van der Waals surface area contributed by atoms with Crippen molar-refractivity contribution in [1.82, 2.24) is 14.9 Å². The summed E-state index contributed by atoms with van der Waals surface area (Å²) in [4.78, 5) is 17.2. The van der Waals surface area contributed by atoms with E-state index in [-0.39, 0.29) is 5.91 Å². The second-order valence-electron chi connectivity index (χ2n) is 6.84. The first kappa shape index (κ1) is 20.3. The zero-order valence-electron chi connectivity index (χ0n) is 17.8. The number of nitrogens with zero attached hydrogens (tertiary/aromatic N) is 2. The molecule has 2 aromatic carbocycles. The number of benzene rings is 2. The summed E-state index contributed by atoms with van der Waals surface area (Å²) < 4.78 is 23.6. The monoisotopic (exact) mass is 421 g/mol. The fourth-order valence-corrected chi connectivity index (χ4v) is 3.55. The standard InChI is InChI=1S/C23H23N3O5/c1-14-25-18-10-15(23(27)24-13-17-6-5-9-31-17)7-8-19(18)26(14)16-11-20(28-2)22(30-4)21(12-16)29-3/h5-12H,13H2,1-4H3,(H,24,27). The molecule has 0 unspecified atom stereocenters. The Morgan fingerprint density at radius 3 is 2.42 bits per heavy atom. The molecule has 0 aliphatic carbocycles. The molecule has 0 aliphatic heterocycles. The Labute approximate surface area is 179 Å². The summed E-state index contributed by atoms with van der Waals surface area (Å²) in [6.45, 7) is 2.22. The molecule has 0 radical (unpaired) electrons. The third-order valence-corrected chi connectivity index (χ3v) is 5.00. The first-order valence-electron chi connectivity index (χ1n) is 9.65. The molecule has 31 heavy (non-hydrogen) atoms. The van der Waals surface area contributed by atoms with Crippen molar-refractivity contribution in [2.24, 2.45) is 0 Å². The molecule has 0 atom stereocenters. The van der Waals surface area contributed by atoms with Gasteiger partial charge >= 0.3 is 0 Å². The number of carbonyl (C=O) groups is 1. The van der Waals surface area contributed by atoms with E-state index in [1.54, 1.807) is 45.8 Å². The van der Waals surface area contributed by atoms with Gasteiger partial charge in [0.15, 0.2) is 11.5 Å². The minimum atomic E-state index is -0.196. The molecule has 2 aromatic heterocycles. The summed E-state index contributed by atoms with van der Waals surface area (Å²) in [6.07, 6.45) is 1.58. The van der Waals surface area contributed by atoms with Crippen LogP contribution in [0.3, 0.4) is 0 Å². The van der Waals surface area contributed by atoms with Crippen LogP contribution in [0.5, 0.6) is 17.2 Å². The first-order valence-corrected chi connectivity index (χ1v) is 9.65. The Bertz CT molecular complexity index is 1200. The van der Waals surface area contributed by atoms with E-state index in [0.717, 1.165) is 17.0 Å². The predicted molar refractivity (Wildman–Crippen MR) is 115 cm³/mol. The van der Waals surface area contributed by atoms with Crippen LogP contribution in [0.25, 0.3) is 16.7 Å². The van der Waals surface area contributed by atoms with Crippen LogP contribution in [0.2, 0.25) is 0 Å². The Morgan fingerprint density at radius 2 is 1.81 bits per heavy atom. The highest BCUT2D eigenvalue weighted by Crippen LogP contribution is 2.40. The number of furan rings is 1. The van der Waals surface area contributed by atoms with Gasteiger partial charge in [-0.15, -0.1) is 0 Å². The normalized spacial score (nSPS) is 10.8. The van der Waals surface area contributed by atoms with Gasteiger partial charge in [-0.2, -0.15) is 0 Å². The van der Waals surface area contributed by atoms with Crippen LogP contribution >= 0.6 is 0 Å². The number of rotatable bonds is 7. The summed E-state index contributed by atoms with van der Waals surface area (Å²) in [5, 5.41) is 2.85. The van der Waals surface area contributed by atoms with Crippen molar-refractivity contribution in [1.29, 1.82) is 0 Å². The van der Waals surface area contributed by atoms with E-state index in [1.807, 2.05) is 35.8 Å². The first-order chi connectivity index (χ1) is 15.0. The molecule has 2 heterocycles. The molecule has 8 nitrogen and oxygen atoms in total. The van der Waals surface area contributed by atoms with Crippen molar-refractivity contribution in [3.63, 3.8) is 0 Å². The number of amides is 1. The van der Waals surface area contributed by atoms with Crippen molar-refractivity contribution in [2.75, 3.05) is 21.3 Å². The maximum atomic E-state index is 12.5. The Kier molecular flexibility index (Phi) is 5.53. The number of aryl methyl sites for hydroxylation is 1. The number of imidazole rings is 1. The molecule has 0 bridgehead atoms. The lowest BCUT2D eigenvalue weighted by Crippen LogP contribution is -2.22. The van der Waals surface area contributed by atoms with E-state index < -0.39 is 0 Å². The van der Waals surface area contributed by atoms with Crippen LogP contribution in [0, 0.1) is 6.92 Å². The van der Waals surface area contributed by atoms with Crippen LogP contribution in [-0.4, -0.2) is 36.8 Å². The molecule has 4 rings (SSSR count). The predicted octanol–water partition coefficient (Wildman–Crippen LogP) is 3.88. The van der Waals surface area contributed by atoms with Gasteiger partial charge in [0.2, 0.25) is 5.75 Å². The molecule has 0 saturated carbocycles. The number of carbonyl (C=O) groups excluding carboxylic acids is 1. The number of methoxy groups -OCH3 is 3. The number of nitrogens with one attached hydrogen (secondary N) is 1. The maximum absolute atomic E-state index is 12.5. The van der Waals surface area contributed by atoms with Gasteiger partial charge < -0.3 is 23.9 Å². The highest BCUT2D eigenvalue weighted by Gasteiger charge is 2.18. The fraction of sp³-hybridized carbons (Fsp3) is 0.217. The van der Waals surface area contributed by atoms with Crippen LogP contribution in [0.4, 0.5) is 0 Å². The topological polar surface area (TPSA) is 87.8 Å². The highest BCUT2D eigenvalue weighted by molar-refractivity contribution is 5.97. The Morgan fingerprint density at radius 1 is 1.06 bits per heavy atom. The molecular formula is C23H23N3O5. The van der Waals surface area contributed by atoms with E-state index in [0.29, 0.717) is 40.6 Å². The van der Waals surface area contributed by atoms with Gasteiger partial charge in [-0.25, -0.2) is 4.98 Å². The minimum Gasteiger partial charge on any atom is -0.493 e. The van der Waals surface area contributed by atoms with E-state index in [2.05, 4.69) is 10.3 Å². The molecule has 1 N–H and O–H groups in total. The summed E-state index contributed by atoms with van der Waals surface area (Å²) in [6, 6.07) is 12.7. The van der Waals surface area contributed by atoms with Crippen LogP contribution in [-0.2, 0) is 6.54 Å². The molecule has 0 saturated heterocycles. The second-order valence-corrected chi connectivity index (χ2v) is 6.84. The molecule has 0 aliphatic rings. The lowest BCUT2D eigenvalue weighted by atomic mass is 10.1. The molecule has 4 aromatic rings. The van der Waals surface area contributed by atoms with E-state index in [1.165, 1.54) is 0 Å². The van der Waals surface area contributed by atoms with Crippen molar-refractivity contribution in [3.8, 4) is 22.9 Å². The lowest BCUT2D eigenvalue weighted by molar-refractivity contribution is 0.0948. The Balaban J connectivity index is 1.70. The summed E-state index contributed by atoms with van der Waals surface area (Å²) in [5.74, 6) is 2.87. The number of fused-ring (bicyclic) bond motifs is 1. The zero-order chi connectivity index (χ0) is 22.0. The van der Waals surface area contributed by atoms with Crippen molar-refractivity contribution in [2.45, 2.75) is 13.5 Å². The fourth-order valence-electron chi connectivity index (χ4n) is 3.55. The van der Waals surface area contributed by atoms with Crippen molar-refractivity contribution < 1.29 is 23.4 Å². The van der Waals surface area contributed by atoms with Gasteiger partial charge in [0.1, 0.15) is 11.6 Å². The SMILES string of the molecule is COc1cc(-n2c(C)nc3cc(C(=O)NCc4ccco4)ccc32)cc(OC)c1OC. The van der Waals surface area contributed by atoms with Crippen molar-refractivity contribution >= 4 is 16.9 Å². The van der Waals surface area contributed by atoms with Crippen LogP contribution < -0.4 is 19.5 Å². The average Bonchev–Trinajstić information content (AvgIpc) is 3.42. The Hall–Kier alpha value is -3.94. The molecule has 0 spiro atoms. The molecular weight excluding hydrogens is 398 g/mol. The molecule has 1 amide bonds. The number of hydrogen-bond acceptors (Lipinski definition) is 6. The molecule has 8 heteroatoms. The van der Waals surface area contributed by atoms with Gasteiger partial charge in [-0.1, -0.05) is 0 Å². The smallest absolute Gasteiger partial charge is 0.251 e. The lowest BCUT2D eigenvalue weighted by Gasteiger charge is -2.15. The largest absolute Gasteiger partial charge is 0.493 e. The summed E-state index contributed by atoms with van der Waals surface area (Å²) >= 11 is 0. The summed E-state index contributed by atoms with van der Waals surface area (Å²) in [7, 11) is 4.72. The molecule has 160 valence electrons. The summed E-state index contributed by atoms with van der Waals surface area (Å²) in [5.41, 5.74) is 2.89. The third kappa shape index (κ3) is 3.79. The van der Waals surface area contributed by atoms with Gasteiger partial charge in [0.05, 0.1) is 50.9 Å². The highest BCUT2D eigenvalue weighted by atomic mass is 16.5.